The lowest BCUT2D eigenvalue weighted by Gasteiger charge is -2.20. The van der Waals surface area contributed by atoms with E-state index in [-0.39, 0.29) is 17.6 Å². The third-order valence-corrected chi connectivity index (χ3v) is 6.01. The molecule has 1 saturated heterocycles. The molecule has 7 heteroatoms. The number of amides is 2. The Bertz CT molecular complexity index is 821. The number of carbonyl (C=O) groups is 2. The second-order valence-corrected chi connectivity index (χ2v) is 8.55. The number of likely N-dealkylation sites (tertiary alicyclic amines) is 1. The average Bonchev–Trinajstić information content (AvgIpc) is 2.98. The van der Waals surface area contributed by atoms with Crippen LogP contribution in [0.2, 0.25) is 0 Å². The second kappa shape index (κ2) is 10.5. The number of carbonyl (C=O) groups excluding carboxylic acids is 2. The smallest absolute Gasteiger partial charge is 0.230 e. The Morgan fingerprint density at radius 1 is 1.07 bits per heavy atom. The summed E-state index contributed by atoms with van der Waals surface area (Å²) < 4.78 is 2.00. The van der Waals surface area contributed by atoms with Gasteiger partial charge in [-0.2, -0.15) is 0 Å². The van der Waals surface area contributed by atoms with Crippen molar-refractivity contribution in [2.24, 2.45) is 0 Å². The minimum absolute atomic E-state index is 0.0753. The van der Waals surface area contributed by atoms with Gasteiger partial charge in [-0.3, -0.25) is 14.2 Å². The third kappa shape index (κ3) is 6.35. The van der Waals surface area contributed by atoms with Crippen molar-refractivity contribution < 1.29 is 9.59 Å². The fraction of sp³-hybridized carbons (Fsp3) is 0.500. The molecule has 1 aliphatic rings. The highest BCUT2D eigenvalue weighted by atomic mass is 32.2. The summed E-state index contributed by atoms with van der Waals surface area (Å²) >= 11 is 1.40. The Balaban J connectivity index is 1.45. The summed E-state index contributed by atoms with van der Waals surface area (Å²) in [6.07, 6.45) is 8.61. The summed E-state index contributed by atoms with van der Waals surface area (Å²) in [6.45, 7) is 6.23. The number of thioether (sulfide) groups is 1. The molecule has 29 heavy (non-hydrogen) atoms. The number of benzene rings is 1. The number of hydrogen-bond donors (Lipinski definition) is 1. The molecule has 0 atom stereocenters. The van der Waals surface area contributed by atoms with Gasteiger partial charge < -0.3 is 10.2 Å². The highest BCUT2D eigenvalue weighted by Gasteiger charge is 2.15. The fourth-order valence-corrected chi connectivity index (χ4v) is 4.45. The predicted molar refractivity (Wildman–Crippen MR) is 116 cm³/mol. The topological polar surface area (TPSA) is 67.2 Å². The highest BCUT2D eigenvalue weighted by Crippen LogP contribution is 2.22. The summed E-state index contributed by atoms with van der Waals surface area (Å²) in [6, 6.07) is 6.34. The molecule has 0 bridgehead atoms. The van der Waals surface area contributed by atoms with E-state index in [1.165, 1.54) is 35.7 Å². The van der Waals surface area contributed by atoms with E-state index in [1.807, 2.05) is 15.7 Å². The van der Waals surface area contributed by atoms with Crippen LogP contribution >= 0.6 is 11.8 Å². The van der Waals surface area contributed by atoms with Crippen LogP contribution in [-0.2, 0) is 9.59 Å². The molecule has 1 fully saturated rings. The maximum absolute atomic E-state index is 12.3. The molecule has 1 aromatic carbocycles. The van der Waals surface area contributed by atoms with Crippen LogP contribution in [0.15, 0.2) is 35.7 Å². The van der Waals surface area contributed by atoms with Crippen molar-refractivity contribution in [2.45, 2.75) is 51.1 Å². The summed E-state index contributed by atoms with van der Waals surface area (Å²) in [5.41, 5.74) is 3.43. The van der Waals surface area contributed by atoms with Gasteiger partial charge in [-0.05, 0) is 49.9 Å². The first-order valence-electron chi connectivity index (χ1n) is 10.3. The van der Waals surface area contributed by atoms with Crippen molar-refractivity contribution in [3.8, 4) is 5.69 Å². The van der Waals surface area contributed by atoms with Crippen molar-refractivity contribution in [3.63, 3.8) is 0 Å². The molecule has 1 aromatic heterocycles. The first-order chi connectivity index (χ1) is 14.0. The molecule has 1 N–H and O–H groups in total. The van der Waals surface area contributed by atoms with Crippen molar-refractivity contribution in [1.29, 1.82) is 0 Å². The van der Waals surface area contributed by atoms with Gasteiger partial charge in [-0.1, -0.05) is 30.7 Å². The first kappa shape index (κ1) is 21.4. The van der Waals surface area contributed by atoms with Gasteiger partial charge in [0.15, 0.2) is 5.16 Å². The zero-order chi connectivity index (χ0) is 20.6. The Hall–Kier alpha value is -2.28. The van der Waals surface area contributed by atoms with E-state index in [9.17, 15) is 9.59 Å². The molecular weight excluding hydrogens is 384 g/mol. The van der Waals surface area contributed by atoms with E-state index in [0.29, 0.717) is 13.0 Å². The molecule has 156 valence electrons. The molecular formula is C22H30N4O2S. The van der Waals surface area contributed by atoms with Crippen LogP contribution in [0.1, 0.15) is 43.2 Å². The van der Waals surface area contributed by atoms with Gasteiger partial charge in [-0.15, -0.1) is 0 Å². The second-order valence-electron chi connectivity index (χ2n) is 7.61. The summed E-state index contributed by atoms with van der Waals surface area (Å²) in [7, 11) is 0. The molecule has 2 heterocycles. The van der Waals surface area contributed by atoms with Crippen molar-refractivity contribution in [3.05, 3.63) is 41.7 Å². The van der Waals surface area contributed by atoms with Gasteiger partial charge in [0.1, 0.15) is 0 Å². The maximum Gasteiger partial charge on any atom is 0.230 e. The van der Waals surface area contributed by atoms with E-state index in [1.54, 1.807) is 6.20 Å². The zero-order valence-electron chi connectivity index (χ0n) is 17.3. The van der Waals surface area contributed by atoms with Crippen LogP contribution in [0, 0.1) is 13.8 Å². The quantitative estimate of drug-likeness (QED) is 0.705. The number of nitrogens with zero attached hydrogens (tertiary/aromatic N) is 3. The predicted octanol–water partition coefficient (Wildman–Crippen LogP) is 3.49. The van der Waals surface area contributed by atoms with Crippen molar-refractivity contribution in [1.82, 2.24) is 19.8 Å². The van der Waals surface area contributed by atoms with Crippen LogP contribution in [0.3, 0.4) is 0 Å². The number of aromatic nitrogens is 2. The molecule has 1 aliphatic heterocycles. The van der Waals surface area contributed by atoms with Crippen LogP contribution in [0.25, 0.3) is 5.69 Å². The molecule has 0 unspecified atom stereocenters. The van der Waals surface area contributed by atoms with Crippen LogP contribution in [0.4, 0.5) is 0 Å². The van der Waals surface area contributed by atoms with E-state index >= 15 is 0 Å². The number of rotatable bonds is 7. The SMILES string of the molecule is Cc1cc(C)cc(-n2ccnc2SCC(=O)NCCC(=O)N2CCCCCC2)c1. The lowest BCUT2D eigenvalue weighted by atomic mass is 10.1. The minimum Gasteiger partial charge on any atom is -0.355 e. The minimum atomic E-state index is -0.0753. The molecule has 0 aliphatic carbocycles. The zero-order valence-corrected chi connectivity index (χ0v) is 18.1. The monoisotopic (exact) mass is 414 g/mol. The Morgan fingerprint density at radius 3 is 2.45 bits per heavy atom. The fourth-order valence-electron chi connectivity index (χ4n) is 3.65. The van der Waals surface area contributed by atoms with Crippen LogP contribution in [0.5, 0.6) is 0 Å². The van der Waals surface area contributed by atoms with E-state index in [4.69, 9.17) is 0 Å². The lowest BCUT2D eigenvalue weighted by Crippen LogP contribution is -2.35. The number of aryl methyl sites for hydroxylation is 2. The largest absolute Gasteiger partial charge is 0.355 e. The van der Waals surface area contributed by atoms with E-state index in [2.05, 4.69) is 42.3 Å². The number of imidazole rings is 1. The summed E-state index contributed by atoms with van der Waals surface area (Å²) in [5.74, 6) is 0.346. The maximum atomic E-state index is 12.3. The lowest BCUT2D eigenvalue weighted by molar-refractivity contribution is -0.131. The normalized spacial score (nSPS) is 14.5. The molecule has 3 rings (SSSR count). The average molecular weight is 415 g/mol. The van der Waals surface area contributed by atoms with Gasteiger partial charge in [0.05, 0.1) is 5.75 Å². The molecule has 2 aromatic rings. The molecule has 0 spiro atoms. The first-order valence-corrected chi connectivity index (χ1v) is 11.3. The van der Waals surface area contributed by atoms with Gasteiger partial charge in [-0.25, -0.2) is 4.98 Å². The summed E-state index contributed by atoms with van der Waals surface area (Å²) in [4.78, 5) is 30.8. The molecule has 0 saturated carbocycles. The van der Waals surface area contributed by atoms with Crippen LogP contribution < -0.4 is 5.32 Å². The highest BCUT2D eigenvalue weighted by molar-refractivity contribution is 7.99. The Kier molecular flexibility index (Phi) is 7.75. The third-order valence-electron chi connectivity index (χ3n) is 5.04. The Morgan fingerprint density at radius 2 is 1.76 bits per heavy atom. The number of nitrogens with one attached hydrogen (secondary N) is 1. The van der Waals surface area contributed by atoms with Crippen LogP contribution in [-0.4, -0.2) is 51.7 Å². The van der Waals surface area contributed by atoms with Gasteiger partial charge in [0.25, 0.3) is 0 Å². The van der Waals surface area contributed by atoms with Gasteiger partial charge in [0.2, 0.25) is 11.8 Å². The van der Waals surface area contributed by atoms with Gasteiger partial charge in [0, 0.05) is 44.1 Å². The number of hydrogen-bond acceptors (Lipinski definition) is 4. The van der Waals surface area contributed by atoms with Crippen molar-refractivity contribution >= 4 is 23.6 Å². The summed E-state index contributed by atoms with van der Waals surface area (Å²) in [5, 5.41) is 3.65. The van der Waals surface area contributed by atoms with Gasteiger partial charge >= 0.3 is 0 Å². The van der Waals surface area contributed by atoms with E-state index in [0.717, 1.165) is 36.8 Å². The van der Waals surface area contributed by atoms with Crippen molar-refractivity contribution in [2.75, 3.05) is 25.4 Å². The van der Waals surface area contributed by atoms with E-state index < -0.39 is 0 Å². The molecule has 6 nitrogen and oxygen atoms in total. The molecule has 2 amide bonds. The Labute approximate surface area is 177 Å². The molecule has 0 radical (unpaired) electrons. The standard InChI is InChI=1S/C22H30N4O2S/c1-17-13-18(2)15-19(14-17)26-12-9-24-22(26)29-16-20(27)23-8-7-21(28)25-10-5-3-4-6-11-25/h9,12-15H,3-8,10-11,16H2,1-2H3,(H,23,27).